The smallest absolute Gasteiger partial charge is 0.295 e. The Hall–Kier alpha value is -3.07. The molecule has 1 amide bonds. The van der Waals surface area contributed by atoms with Crippen molar-refractivity contribution in [1.82, 2.24) is 9.80 Å². The van der Waals surface area contributed by atoms with Gasteiger partial charge in [0.1, 0.15) is 5.76 Å². The number of Topliss-reactive ketones (excluding diaryl/α,β-unsaturated/α-hetero) is 1. The van der Waals surface area contributed by atoms with Gasteiger partial charge in [-0.05, 0) is 35.9 Å². The van der Waals surface area contributed by atoms with Crippen molar-refractivity contribution < 1.29 is 28.9 Å². The number of carbonyl (C=O) groups excluding carboxylic acids is 2. The molecule has 2 aliphatic heterocycles. The Morgan fingerprint density at radius 2 is 1.71 bits per heavy atom. The van der Waals surface area contributed by atoms with Crippen LogP contribution in [0.2, 0.25) is 5.02 Å². The van der Waals surface area contributed by atoms with Gasteiger partial charge in [-0.2, -0.15) is 0 Å². The van der Waals surface area contributed by atoms with Crippen LogP contribution in [0.5, 0.6) is 11.5 Å². The zero-order valence-electron chi connectivity index (χ0n) is 19.1. The monoisotopic (exact) mass is 486 g/mol. The number of morpholine rings is 1. The molecule has 2 saturated heterocycles. The van der Waals surface area contributed by atoms with Crippen molar-refractivity contribution in [3.63, 3.8) is 0 Å². The molecule has 34 heavy (non-hydrogen) atoms. The normalized spacial score (nSPS) is 20.6. The molecule has 2 aromatic rings. The number of rotatable bonds is 7. The standard InChI is InChI=1S/C25H27ClN2O6/c1-32-19-8-5-17(15-20(19)33-2)23(29)21-22(16-3-6-18(26)7-4-16)28(25(31)24(21)30)10-9-27-11-13-34-14-12-27/h3-8,15,22,29H,9-14H2,1-2H3/t22-/m1/s1. The highest BCUT2D eigenvalue weighted by Gasteiger charge is 2.46. The number of amides is 1. The van der Waals surface area contributed by atoms with Crippen LogP contribution in [0.15, 0.2) is 48.0 Å². The molecule has 4 rings (SSSR count). The van der Waals surface area contributed by atoms with E-state index < -0.39 is 17.7 Å². The summed E-state index contributed by atoms with van der Waals surface area (Å²) in [6, 6.07) is 11.0. The van der Waals surface area contributed by atoms with Gasteiger partial charge in [0.2, 0.25) is 0 Å². The average Bonchev–Trinajstić information content (AvgIpc) is 3.12. The molecule has 0 spiro atoms. The number of ether oxygens (including phenoxy) is 3. The number of ketones is 1. The summed E-state index contributed by atoms with van der Waals surface area (Å²) in [6.07, 6.45) is 0. The maximum absolute atomic E-state index is 13.2. The Bertz CT molecular complexity index is 1100. The van der Waals surface area contributed by atoms with Crippen molar-refractivity contribution in [2.24, 2.45) is 0 Å². The SMILES string of the molecule is COc1ccc(C(O)=C2C(=O)C(=O)N(CCN3CCOCC3)[C@@H]2c2ccc(Cl)cc2)cc1OC. The second kappa shape index (κ2) is 10.5. The summed E-state index contributed by atoms with van der Waals surface area (Å²) in [4.78, 5) is 30.0. The van der Waals surface area contributed by atoms with E-state index in [0.717, 1.165) is 13.1 Å². The Labute approximate surface area is 203 Å². The molecule has 9 heteroatoms. The van der Waals surface area contributed by atoms with Gasteiger partial charge < -0.3 is 24.2 Å². The molecule has 0 aliphatic carbocycles. The molecule has 1 atom stereocenters. The fourth-order valence-electron chi connectivity index (χ4n) is 4.32. The topological polar surface area (TPSA) is 88.5 Å². The van der Waals surface area contributed by atoms with Crippen molar-refractivity contribution >= 4 is 29.1 Å². The van der Waals surface area contributed by atoms with Crippen molar-refractivity contribution in [3.8, 4) is 11.5 Å². The minimum Gasteiger partial charge on any atom is -0.507 e. The van der Waals surface area contributed by atoms with E-state index in [9.17, 15) is 14.7 Å². The summed E-state index contributed by atoms with van der Waals surface area (Å²) in [5.41, 5.74) is 1.07. The third-order valence-corrected chi connectivity index (χ3v) is 6.40. The number of hydrogen-bond acceptors (Lipinski definition) is 7. The molecule has 0 bridgehead atoms. The van der Waals surface area contributed by atoms with Crippen molar-refractivity contribution in [1.29, 1.82) is 0 Å². The van der Waals surface area contributed by atoms with E-state index in [4.69, 9.17) is 25.8 Å². The Morgan fingerprint density at radius 3 is 2.35 bits per heavy atom. The molecule has 0 radical (unpaired) electrons. The fraction of sp³-hybridized carbons (Fsp3) is 0.360. The van der Waals surface area contributed by atoms with Crippen LogP contribution >= 0.6 is 11.6 Å². The predicted molar refractivity (Wildman–Crippen MR) is 127 cm³/mol. The molecule has 0 saturated carbocycles. The number of benzene rings is 2. The molecular weight excluding hydrogens is 460 g/mol. The Morgan fingerprint density at radius 1 is 1.03 bits per heavy atom. The van der Waals surface area contributed by atoms with E-state index >= 15 is 0 Å². The van der Waals surface area contributed by atoms with Crippen LogP contribution in [0.25, 0.3) is 5.76 Å². The molecule has 0 aromatic heterocycles. The zero-order valence-corrected chi connectivity index (χ0v) is 19.9. The number of hydrogen-bond donors (Lipinski definition) is 1. The minimum atomic E-state index is -0.744. The number of likely N-dealkylation sites (tertiary alicyclic amines) is 1. The third kappa shape index (κ3) is 4.75. The van der Waals surface area contributed by atoms with Gasteiger partial charge in [0.15, 0.2) is 11.5 Å². The summed E-state index contributed by atoms with van der Waals surface area (Å²) >= 11 is 6.08. The van der Waals surface area contributed by atoms with E-state index in [1.54, 1.807) is 42.5 Å². The minimum absolute atomic E-state index is 0.0292. The fourth-order valence-corrected chi connectivity index (χ4v) is 4.44. The molecule has 2 fully saturated rings. The highest BCUT2D eigenvalue weighted by molar-refractivity contribution is 6.46. The second-order valence-corrected chi connectivity index (χ2v) is 8.50. The summed E-state index contributed by atoms with van der Waals surface area (Å²) in [7, 11) is 3.00. The molecule has 0 unspecified atom stereocenters. The number of aliphatic hydroxyl groups excluding tert-OH is 1. The zero-order chi connectivity index (χ0) is 24.2. The number of nitrogens with zero attached hydrogens (tertiary/aromatic N) is 2. The largest absolute Gasteiger partial charge is 0.507 e. The van der Waals surface area contributed by atoms with Crippen LogP contribution < -0.4 is 9.47 Å². The molecule has 8 nitrogen and oxygen atoms in total. The lowest BCUT2D eigenvalue weighted by molar-refractivity contribution is -0.140. The lowest BCUT2D eigenvalue weighted by Crippen LogP contribution is -2.42. The van der Waals surface area contributed by atoms with Crippen molar-refractivity contribution in [2.45, 2.75) is 6.04 Å². The average molecular weight is 487 g/mol. The predicted octanol–water partition coefficient (Wildman–Crippen LogP) is 3.11. The van der Waals surface area contributed by atoms with Crippen LogP contribution in [-0.2, 0) is 14.3 Å². The quantitative estimate of drug-likeness (QED) is 0.365. The highest BCUT2D eigenvalue weighted by atomic mass is 35.5. The molecular formula is C25H27ClN2O6. The van der Waals surface area contributed by atoms with Gasteiger partial charge in [-0.15, -0.1) is 0 Å². The van der Waals surface area contributed by atoms with E-state index in [0.29, 0.717) is 54.0 Å². The first-order valence-corrected chi connectivity index (χ1v) is 11.4. The number of halogens is 1. The Balaban J connectivity index is 1.75. The molecule has 180 valence electrons. The van der Waals surface area contributed by atoms with Gasteiger partial charge in [-0.1, -0.05) is 23.7 Å². The van der Waals surface area contributed by atoms with Gasteiger partial charge in [0.25, 0.3) is 11.7 Å². The summed E-state index contributed by atoms with van der Waals surface area (Å²) in [5, 5.41) is 11.8. The van der Waals surface area contributed by atoms with Crippen LogP contribution in [-0.4, -0.2) is 80.2 Å². The van der Waals surface area contributed by atoms with Crippen molar-refractivity contribution in [2.75, 3.05) is 53.6 Å². The van der Waals surface area contributed by atoms with Gasteiger partial charge >= 0.3 is 0 Å². The number of aliphatic hydroxyl groups is 1. The van der Waals surface area contributed by atoms with Gasteiger partial charge in [0, 0.05) is 36.8 Å². The van der Waals surface area contributed by atoms with Crippen LogP contribution in [0.3, 0.4) is 0 Å². The summed E-state index contributed by atoms with van der Waals surface area (Å²) < 4.78 is 16.0. The highest BCUT2D eigenvalue weighted by Crippen LogP contribution is 2.40. The molecule has 2 aromatic carbocycles. The summed E-state index contributed by atoms with van der Waals surface area (Å²) in [6.45, 7) is 3.73. The maximum Gasteiger partial charge on any atom is 0.295 e. The maximum atomic E-state index is 13.2. The van der Waals surface area contributed by atoms with Crippen molar-refractivity contribution in [3.05, 3.63) is 64.2 Å². The first-order valence-electron chi connectivity index (χ1n) is 11.0. The molecule has 2 aliphatic rings. The molecule has 2 heterocycles. The van der Waals surface area contributed by atoms with Gasteiger partial charge in [-0.3, -0.25) is 14.5 Å². The lowest BCUT2D eigenvalue weighted by atomic mass is 9.95. The first-order chi connectivity index (χ1) is 16.4. The van der Waals surface area contributed by atoms with E-state index in [-0.39, 0.29) is 11.3 Å². The molecule has 1 N–H and O–H groups in total. The van der Waals surface area contributed by atoms with E-state index in [1.807, 2.05) is 0 Å². The van der Waals surface area contributed by atoms with Crippen LogP contribution in [0.1, 0.15) is 17.2 Å². The first kappa shape index (κ1) is 24.1. The lowest BCUT2D eigenvalue weighted by Gasteiger charge is -2.31. The summed E-state index contributed by atoms with van der Waals surface area (Å²) in [5.74, 6) is -0.757. The van der Waals surface area contributed by atoms with Crippen LogP contribution in [0, 0.1) is 0 Å². The van der Waals surface area contributed by atoms with Gasteiger partial charge in [-0.25, -0.2) is 0 Å². The number of methoxy groups -OCH3 is 2. The third-order valence-electron chi connectivity index (χ3n) is 6.14. The van der Waals surface area contributed by atoms with E-state index in [1.165, 1.54) is 19.1 Å². The second-order valence-electron chi connectivity index (χ2n) is 8.07. The Kier molecular flexibility index (Phi) is 7.41. The van der Waals surface area contributed by atoms with Crippen LogP contribution in [0.4, 0.5) is 0 Å². The van der Waals surface area contributed by atoms with E-state index in [2.05, 4.69) is 4.90 Å². The number of carbonyl (C=O) groups is 2. The van der Waals surface area contributed by atoms with Gasteiger partial charge in [0.05, 0.1) is 39.0 Å².